The van der Waals surface area contributed by atoms with Crippen LogP contribution < -0.4 is 0 Å². The van der Waals surface area contributed by atoms with Crippen molar-refractivity contribution in [3.05, 3.63) is 256 Å². The van der Waals surface area contributed by atoms with Crippen molar-refractivity contribution in [1.82, 2.24) is 0 Å². The van der Waals surface area contributed by atoms with Gasteiger partial charge in [0, 0.05) is 18.8 Å². The molecule has 0 bridgehead atoms. The van der Waals surface area contributed by atoms with E-state index in [4.69, 9.17) is 0 Å². The Morgan fingerprint density at radius 2 is 0.627 bits per heavy atom. The first-order valence-corrected chi connectivity index (χ1v) is 38.3. The summed E-state index contributed by atoms with van der Waals surface area (Å²) in [5.74, 6) is 0.541. The lowest BCUT2D eigenvalue weighted by Crippen LogP contribution is -2.13. The zero-order valence-electron chi connectivity index (χ0n) is 64.4. The highest BCUT2D eigenvalue weighted by Gasteiger charge is 2.23. The van der Waals surface area contributed by atoms with Crippen molar-refractivity contribution in [1.29, 1.82) is 0 Å². The van der Waals surface area contributed by atoms with Gasteiger partial charge in [-0.15, -0.1) is 45.3 Å². The third kappa shape index (κ3) is 23.3. The highest BCUT2D eigenvalue weighted by atomic mass is 32.1. The van der Waals surface area contributed by atoms with E-state index in [-0.39, 0.29) is 77.0 Å². The molecule has 0 unspecified atom stereocenters. The molecule has 4 aromatic heterocycles. The minimum absolute atomic E-state index is 0. The molecule has 0 radical (unpaired) electrons. The van der Waals surface area contributed by atoms with Gasteiger partial charge < -0.3 is 0 Å². The summed E-state index contributed by atoms with van der Waals surface area (Å²) >= 11 is 7.31. The molecule has 0 spiro atoms. The lowest BCUT2D eigenvalue weighted by Gasteiger charge is -2.24. The molecule has 0 saturated heterocycles. The predicted molar refractivity (Wildman–Crippen MR) is 480 cm³/mol. The van der Waals surface area contributed by atoms with E-state index in [2.05, 4.69) is 368 Å². The number of fused-ring (bicyclic) bond motifs is 4. The number of hydrogen-bond donors (Lipinski definition) is 0. The molecule has 0 atom stereocenters. The van der Waals surface area contributed by atoms with E-state index in [1.165, 1.54) is 152 Å². The molecule has 0 aliphatic rings. The largest absolute Gasteiger partial charge is 0.144 e. The molecule has 12 aromatic rings. The van der Waals surface area contributed by atoms with E-state index in [9.17, 15) is 0 Å². The Kier molecular flexibility index (Phi) is 34.4. The van der Waals surface area contributed by atoms with Crippen molar-refractivity contribution in [3.63, 3.8) is 0 Å². The molecule has 0 amide bonds. The number of hydrogen-bond acceptors (Lipinski definition) is 4. The van der Waals surface area contributed by atoms with Gasteiger partial charge in [0.25, 0.3) is 0 Å². The van der Waals surface area contributed by atoms with E-state index >= 15 is 0 Å². The van der Waals surface area contributed by atoms with Gasteiger partial charge in [-0.3, -0.25) is 0 Å². The van der Waals surface area contributed by atoms with Crippen LogP contribution >= 0.6 is 45.3 Å². The Morgan fingerprint density at radius 1 is 0.265 bits per heavy atom. The van der Waals surface area contributed by atoms with Crippen molar-refractivity contribution in [2.45, 2.75) is 284 Å². The number of benzene rings is 8. The lowest BCUT2D eigenvalue weighted by molar-refractivity contribution is 0.586. The van der Waals surface area contributed by atoms with Gasteiger partial charge in [-0.25, -0.2) is 0 Å². The first kappa shape index (κ1) is 93.6. The fourth-order valence-corrected chi connectivity index (χ4v) is 17.3. The summed E-state index contributed by atoms with van der Waals surface area (Å²) < 4.78 is 5.64. The highest BCUT2D eigenvalue weighted by Crippen LogP contribution is 2.40. The number of rotatable bonds is 3. The number of aryl methyl sites for hydroxylation is 9. The molecule has 0 fully saturated rings. The summed E-state index contributed by atoms with van der Waals surface area (Å²) in [6.07, 6.45) is 0. The Labute approximate surface area is 643 Å². The van der Waals surface area contributed by atoms with Crippen molar-refractivity contribution in [3.8, 4) is 22.3 Å². The minimum atomic E-state index is 0. The van der Waals surface area contributed by atoms with Crippen LogP contribution in [0.4, 0.5) is 0 Å². The van der Waals surface area contributed by atoms with Crippen LogP contribution in [0.5, 0.6) is 0 Å². The van der Waals surface area contributed by atoms with Crippen molar-refractivity contribution in [2.24, 2.45) is 0 Å². The van der Waals surface area contributed by atoms with Gasteiger partial charge in [0.15, 0.2) is 0 Å². The van der Waals surface area contributed by atoms with E-state index in [1.54, 1.807) is 0 Å². The van der Waals surface area contributed by atoms with Crippen LogP contribution in [0.2, 0.25) is 0 Å². The average Bonchev–Trinajstić information content (AvgIpc) is 1.10. The Morgan fingerprint density at radius 3 is 1.11 bits per heavy atom. The molecule has 0 aliphatic heterocycles. The maximum Gasteiger partial charge on any atom is 0.0374 e. The zero-order valence-corrected chi connectivity index (χ0v) is 67.6. The normalized spacial score (nSPS) is 11.4. The van der Waals surface area contributed by atoms with E-state index in [1.807, 2.05) is 45.3 Å². The van der Waals surface area contributed by atoms with Crippen molar-refractivity contribution >= 4 is 85.7 Å². The van der Waals surface area contributed by atoms with Crippen LogP contribution in [0.3, 0.4) is 0 Å². The van der Waals surface area contributed by atoms with Crippen molar-refractivity contribution < 1.29 is 0 Å². The van der Waals surface area contributed by atoms with Crippen LogP contribution in [0.1, 0.15) is 278 Å². The molecule has 4 heteroatoms. The third-order valence-corrected chi connectivity index (χ3v) is 22.4. The zero-order chi connectivity index (χ0) is 71.4. The van der Waals surface area contributed by atoms with Gasteiger partial charge in [-0.2, -0.15) is 0 Å². The van der Waals surface area contributed by atoms with Crippen molar-refractivity contribution in [2.75, 3.05) is 0 Å². The van der Waals surface area contributed by atoms with E-state index in [0.29, 0.717) is 5.92 Å². The van der Waals surface area contributed by atoms with E-state index in [0.717, 1.165) is 0 Å². The molecular weight excluding hydrogens is 1310 g/mol. The maximum atomic E-state index is 2.39. The topological polar surface area (TPSA) is 0 Å². The smallest absolute Gasteiger partial charge is 0.0374 e. The fourth-order valence-electron chi connectivity index (χ4n) is 13.8. The second-order valence-electron chi connectivity index (χ2n) is 33.4. The Bertz CT molecular complexity index is 4360. The van der Waals surface area contributed by atoms with Crippen LogP contribution in [-0.2, 0) is 32.5 Å². The molecular formula is C98H140S4. The average molecular weight is 1450 g/mol. The van der Waals surface area contributed by atoms with Crippen LogP contribution in [-0.4, -0.2) is 0 Å². The standard InChI is InChI=1S/C21H28.C19H24.4C13H16S.6CH4/c1-14(2)18-10-8-9-16(4)20(18)17-12-11-15(3)19(13-17)21(5,6)7;1-13-10-11-16(12-17(13)19(4,5)6)18-14(2)8-7-9-15(18)3;1-9-7-12-10(5-6-14-12)8-11(9)13(2,3)4;1-9-7-10-5-6-14-12(10)8-11(9)13(2,3)4;1-9-10-7-8-14-12(10)6-5-11(9)13(2,3)4;1-9-11(13(2,3)4)6-5-10-7-8-14-12(9)10;;;;;;/h8-14H,1-7H3;7-12H,1-6H3;4*5-8H,1-4H3;6*1H4. The molecule has 0 N–H and O–H groups in total. The molecule has 0 aliphatic carbocycles. The molecule has 0 saturated carbocycles. The summed E-state index contributed by atoms with van der Waals surface area (Å²) in [5.41, 5.74) is 29.6. The van der Waals surface area contributed by atoms with Gasteiger partial charge in [0.1, 0.15) is 0 Å². The molecule has 0 nitrogen and oxygen atoms in total. The first-order valence-electron chi connectivity index (χ1n) is 34.8. The number of thiophene rings is 4. The third-order valence-electron chi connectivity index (χ3n) is 18.7. The summed E-state index contributed by atoms with van der Waals surface area (Å²) in [6.45, 7) is 65.4. The quantitative estimate of drug-likeness (QED) is 0.165. The van der Waals surface area contributed by atoms with Gasteiger partial charge in [-0.05, 0) is 304 Å². The minimum Gasteiger partial charge on any atom is -0.144 e. The SMILES string of the molecule is C.C.C.C.C.C.Cc1c(C(C)(C)C)ccc2ccsc12.Cc1c(C(C)(C)C)ccc2sccc12.Cc1cc2ccsc2cc1C(C)(C)C.Cc1cc2sccc2cc1C(C)(C)C.Cc1ccc(-c2c(C)cccc2C(C)C)cc1C(C)(C)C.Cc1ccc(-c2c(C)cccc2C)cc1C(C)(C)C. The lowest BCUT2D eigenvalue weighted by atomic mass is 9.81. The molecule has 8 aromatic carbocycles. The molecule has 12 rings (SSSR count). The molecule has 102 heavy (non-hydrogen) atoms. The van der Waals surface area contributed by atoms with Crippen LogP contribution in [0, 0.1) is 62.3 Å². The van der Waals surface area contributed by atoms with Gasteiger partial charge in [-0.1, -0.05) is 280 Å². The Hall–Kier alpha value is -6.40. The molecule has 4 heterocycles. The predicted octanol–water partition coefficient (Wildman–Crippen LogP) is 33.8. The van der Waals surface area contributed by atoms with E-state index < -0.39 is 0 Å². The van der Waals surface area contributed by atoms with Crippen LogP contribution in [0.15, 0.2) is 167 Å². The maximum absolute atomic E-state index is 2.39. The molecule has 556 valence electrons. The first-order chi connectivity index (χ1) is 44.5. The van der Waals surface area contributed by atoms with Gasteiger partial charge in [0.2, 0.25) is 0 Å². The van der Waals surface area contributed by atoms with Gasteiger partial charge in [0.05, 0.1) is 0 Å². The van der Waals surface area contributed by atoms with Gasteiger partial charge >= 0.3 is 0 Å². The fraction of sp³-hybridized carbons (Fsp3) is 0.429. The highest BCUT2D eigenvalue weighted by molar-refractivity contribution is 7.18. The monoisotopic (exact) mass is 1440 g/mol. The summed E-state index contributed by atoms with van der Waals surface area (Å²) in [6, 6.07) is 54.1. The summed E-state index contributed by atoms with van der Waals surface area (Å²) in [7, 11) is 0. The second-order valence-corrected chi connectivity index (χ2v) is 37.2. The second kappa shape index (κ2) is 37.5. The Balaban J connectivity index is 0.000000609. The summed E-state index contributed by atoms with van der Waals surface area (Å²) in [4.78, 5) is 0. The van der Waals surface area contributed by atoms with Crippen LogP contribution in [0.25, 0.3) is 62.6 Å². The summed E-state index contributed by atoms with van der Waals surface area (Å²) in [5, 5.41) is 14.2.